The van der Waals surface area contributed by atoms with E-state index in [0.29, 0.717) is 10.2 Å². The van der Waals surface area contributed by atoms with Gasteiger partial charge in [0.05, 0.1) is 19.1 Å². The number of rotatable bonds is 6. The first-order valence-corrected chi connectivity index (χ1v) is 8.92. The van der Waals surface area contributed by atoms with Crippen LogP contribution in [0.2, 0.25) is 0 Å². The molecule has 130 valence electrons. The summed E-state index contributed by atoms with van der Waals surface area (Å²) in [5, 5.41) is 0. The van der Waals surface area contributed by atoms with E-state index >= 15 is 0 Å². The summed E-state index contributed by atoms with van der Waals surface area (Å²) >= 11 is 3.24. The predicted octanol–water partition coefficient (Wildman–Crippen LogP) is 1.43. The van der Waals surface area contributed by atoms with Crippen molar-refractivity contribution in [3.05, 3.63) is 40.6 Å². The highest BCUT2D eigenvalue weighted by atomic mass is 79.9. The van der Waals surface area contributed by atoms with E-state index in [-0.39, 0.29) is 16.3 Å². The summed E-state index contributed by atoms with van der Waals surface area (Å²) in [6.45, 7) is 0. The van der Waals surface area contributed by atoms with E-state index in [2.05, 4.69) is 21.4 Å². The van der Waals surface area contributed by atoms with E-state index < -0.39 is 15.9 Å². The second-order valence-corrected chi connectivity index (χ2v) is 7.33. The zero-order chi connectivity index (χ0) is 17.9. The fraction of sp³-hybridized carbons (Fsp3) is 0.214. The van der Waals surface area contributed by atoms with Gasteiger partial charge in [0.1, 0.15) is 5.69 Å². The molecule has 1 aromatic heterocycles. The number of benzene rings is 1. The van der Waals surface area contributed by atoms with Gasteiger partial charge in [0, 0.05) is 23.8 Å². The minimum atomic E-state index is -3.97. The molecule has 0 aliphatic heterocycles. The van der Waals surface area contributed by atoms with Crippen molar-refractivity contribution >= 4 is 31.9 Å². The minimum Gasteiger partial charge on any atom is -0.493 e. The molecule has 0 unspecified atom stereocenters. The first-order chi connectivity index (χ1) is 11.3. The third kappa shape index (κ3) is 3.89. The number of hydrogen-bond donors (Lipinski definition) is 2. The lowest BCUT2D eigenvalue weighted by Crippen LogP contribution is -2.42. The van der Waals surface area contributed by atoms with Crippen LogP contribution in [-0.4, -0.2) is 33.1 Å². The Kier molecular flexibility index (Phi) is 5.52. The third-order valence-electron chi connectivity index (χ3n) is 3.17. The number of nitrogens with zero attached hydrogens (tertiary/aromatic N) is 1. The molecule has 2 aromatic rings. The second-order valence-electron chi connectivity index (χ2n) is 4.73. The maximum absolute atomic E-state index is 12.3. The molecular formula is C14H16BrN3O5S. The number of amides is 1. The molecule has 0 aliphatic carbocycles. The van der Waals surface area contributed by atoms with E-state index in [1.165, 1.54) is 32.4 Å². The van der Waals surface area contributed by atoms with Gasteiger partial charge >= 0.3 is 0 Å². The Bertz CT molecular complexity index is 863. The highest BCUT2D eigenvalue weighted by Crippen LogP contribution is 2.29. The number of aryl methyl sites for hydroxylation is 1. The summed E-state index contributed by atoms with van der Waals surface area (Å²) in [5.41, 5.74) is 2.46. The second kappa shape index (κ2) is 7.24. The Balaban J connectivity index is 2.17. The Hall–Kier alpha value is -2.04. The van der Waals surface area contributed by atoms with E-state index in [4.69, 9.17) is 9.47 Å². The number of methoxy groups -OCH3 is 2. The van der Waals surface area contributed by atoms with Crippen LogP contribution in [0.3, 0.4) is 0 Å². The number of carbonyl (C=O) groups is 1. The minimum absolute atomic E-state index is 0.0755. The largest absolute Gasteiger partial charge is 0.493 e. The fourth-order valence-corrected chi connectivity index (χ4v) is 3.35. The van der Waals surface area contributed by atoms with Crippen LogP contribution in [0.1, 0.15) is 10.5 Å². The molecule has 0 radical (unpaired) electrons. The van der Waals surface area contributed by atoms with E-state index in [0.717, 1.165) is 0 Å². The van der Waals surface area contributed by atoms with Gasteiger partial charge in [0.2, 0.25) is 0 Å². The van der Waals surface area contributed by atoms with Crippen molar-refractivity contribution in [2.75, 3.05) is 14.2 Å². The van der Waals surface area contributed by atoms with Crippen LogP contribution in [0.4, 0.5) is 0 Å². The van der Waals surface area contributed by atoms with Crippen LogP contribution in [0.5, 0.6) is 11.5 Å². The van der Waals surface area contributed by atoms with Crippen LogP contribution in [0.15, 0.2) is 39.8 Å². The molecule has 0 saturated heterocycles. The Morgan fingerprint density at radius 3 is 2.38 bits per heavy atom. The number of hydrogen-bond acceptors (Lipinski definition) is 5. The molecule has 0 atom stereocenters. The number of nitrogens with one attached hydrogen (secondary N) is 2. The number of halogens is 1. The molecule has 10 heteroatoms. The maximum Gasteiger partial charge on any atom is 0.282 e. The monoisotopic (exact) mass is 417 g/mol. The maximum atomic E-state index is 12.3. The van der Waals surface area contributed by atoms with Crippen molar-refractivity contribution in [3.63, 3.8) is 0 Å². The number of aromatic nitrogens is 1. The highest BCUT2D eigenvalue weighted by Gasteiger charge is 2.19. The van der Waals surface area contributed by atoms with Crippen molar-refractivity contribution in [1.82, 2.24) is 14.8 Å². The molecule has 0 saturated carbocycles. The van der Waals surface area contributed by atoms with Crippen LogP contribution < -0.4 is 19.7 Å². The van der Waals surface area contributed by atoms with Crippen molar-refractivity contribution in [2.45, 2.75) is 4.90 Å². The number of sulfonamides is 1. The molecule has 2 rings (SSSR count). The molecule has 24 heavy (non-hydrogen) atoms. The van der Waals surface area contributed by atoms with Gasteiger partial charge in [-0.15, -0.1) is 4.83 Å². The first-order valence-electron chi connectivity index (χ1n) is 6.64. The zero-order valence-corrected chi connectivity index (χ0v) is 15.6. The average molecular weight is 418 g/mol. The van der Waals surface area contributed by atoms with Crippen LogP contribution in [0.25, 0.3) is 0 Å². The van der Waals surface area contributed by atoms with Crippen molar-refractivity contribution in [1.29, 1.82) is 0 Å². The average Bonchev–Trinajstić information content (AvgIpc) is 2.90. The molecule has 0 spiro atoms. The quantitative estimate of drug-likeness (QED) is 0.692. The molecular weight excluding hydrogens is 402 g/mol. The molecule has 8 nitrogen and oxygen atoms in total. The molecule has 1 amide bonds. The molecule has 0 bridgehead atoms. The molecule has 0 fully saturated rings. The van der Waals surface area contributed by atoms with E-state index in [1.54, 1.807) is 23.9 Å². The zero-order valence-electron chi connectivity index (χ0n) is 13.2. The third-order valence-corrected chi connectivity index (χ3v) is 4.85. The Morgan fingerprint density at radius 2 is 1.83 bits per heavy atom. The van der Waals surface area contributed by atoms with Crippen molar-refractivity contribution in [3.8, 4) is 11.5 Å². The fourth-order valence-electron chi connectivity index (χ4n) is 1.97. The topological polar surface area (TPSA) is 98.7 Å². The first kappa shape index (κ1) is 18.3. The summed E-state index contributed by atoms with van der Waals surface area (Å²) in [5.74, 6) is 0.0689. The molecule has 1 heterocycles. The molecule has 2 N–H and O–H groups in total. The number of hydrazine groups is 1. The van der Waals surface area contributed by atoms with Gasteiger partial charge < -0.3 is 14.0 Å². The number of carbonyl (C=O) groups excluding carboxylic acids is 1. The summed E-state index contributed by atoms with van der Waals surface area (Å²) in [6.07, 6.45) is 1.68. The summed E-state index contributed by atoms with van der Waals surface area (Å²) in [4.78, 5) is 14.0. The van der Waals surface area contributed by atoms with Crippen molar-refractivity contribution < 1.29 is 22.7 Å². The lowest BCUT2D eigenvalue weighted by Gasteiger charge is -2.11. The Morgan fingerprint density at radius 1 is 1.17 bits per heavy atom. The van der Waals surface area contributed by atoms with Gasteiger partial charge in [-0.3, -0.25) is 10.2 Å². The van der Waals surface area contributed by atoms with E-state index in [9.17, 15) is 13.2 Å². The molecule has 0 aliphatic rings. The van der Waals surface area contributed by atoms with Crippen LogP contribution in [-0.2, 0) is 17.1 Å². The van der Waals surface area contributed by atoms with Crippen molar-refractivity contribution in [2.24, 2.45) is 7.05 Å². The van der Waals surface area contributed by atoms with Crippen LogP contribution >= 0.6 is 15.9 Å². The van der Waals surface area contributed by atoms with Gasteiger partial charge in [0.25, 0.3) is 15.9 Å². The van der Waals surface area contributed by atoms with Gasteiger partial charge in [-0.25, -0.2) is 8.42 Å². The summed E-state index contributed by atoms with van der Waals surface area (Å²) < 4.78 is 37.0. The van der Waals surface area contributed by atoms with E-state index in [1.807, 2.05) is 4.83 Å². The van der Waals surface area contributed by atoms with Gasteiger partial charge in [0.15, 0.2) is 11.5 Å². The van der Waals surface area contributed by atoms with Gasteiger partial charge in [-0.2, -0.15) is 0 Å². The lowest BCUT2D eigenvalue weighted by molar-refractivity contribution is 0.0937. The molecule has 1 aromatic carbocycles. The predicted molar refractivity (Wildman–Crippen MR) is 90.4 cm³/mol. The number of ether oxygens (including phenoxy) is 2. The van der Waals surface area contributed by atoms with Crippen LogP contribution in [0, 0.1) is 0 Å². The summed E-state index contributed by atoms with van der Waals surface area (Å²) in [6, 6.07) is 5.67. The normalized spacial score (nSPS) is 11.2. The standard InChI is InChI=1S/C14H16BrN3O5S/c1-18-8-9(15)6-11(18)14(19)16-17-24(20,21)10-4-5-12(22-2)13(7-10)23-3/h4-8,17H,1-3H3,(H,16,19). The summed E-state index contributed by atoms with van der Waals surface area (Å²) in [7, 11) is 0.550. The Labute approximate surface area is 147 Å². The smallest absolute Gasteiger partial charge is 0.282 e. The van der Waals surface area contributed by atoms with Gasteiger partial charge in [-0.05, 0) is 34.1 Å². The lowest BCUT2D eigenvalue weighted by atomic mass is 10.3. The SMILES string of the molecule is COc1ccc(S(=O)(=O)NNC(=O)c2cc(Br)cn2C)cc1OC. The van der Waals surface area contributed by atoms with Gasteiger partial charge in [-0.1, -0.05) is 0 Å². The highest BCUT2D eigenvalue weighted by molar-refractivity contribution is 9.10.